The van der Waals surface area contributed by atoms with Crippen LogP contribution >= 0.6 is 0 Å². The molecule has 2 amide bonds. The predicted molar refractivity (Wildman–Crippen MR) is 129 cm³/mol. The van der Waals surface area contributed by atoms with Crippen LogP contribution in [0.2, 0.25) is 0 Å². The number of fused-ring (bicyclic) bond motifs is 2. The smallest absolute Gasteiger partial charge is 0.315 e. The van der Waals surface area contributed by atoms with Crippen molar-refractivity contribution in [1.29, 1.82) is 0 Å². The van der Waals surface area contributed by atoms with Crippen molar-refractivity contribution in [3.8, 4) is 11.5 Å². The Bertz CT molecular complexity index is 1500. The van der Waals surface area contributed by atoms with Crippen molar-refractivity contribution < 1.29 is 28.2 Å². The van der Waals surface area contributed by atoms with Crippen LogP contribution in [0, 0.1) is 0 Å². The van der Waals surface area contributed by atoms with E-state index in [1.54, 1.807) is 42.5 Å². The number of benzene rings is 2. The minimum atomic E-state index is -1.42. The molecule has 1 atom stereocenters. The quantitative estimate of drug-likeness (QED) is 0.280. The van der Waals surface area contributed by atoms with E-state index in [1.807, 2.05) is 6.07 Å². The van der Waals surface area contributed by atoms with Crippen molar-refractivity contribution in [2.24, 2.45) is 0 Å². The van der Waals surface area contributed by atoms with Gasteiger partial charge in [0.15, 0.2) is 5.65 Å². The largest absolute Gasteiger partial charge is 0.461 e. The minimum absolute atomic E-state index is 0.0552. The summed E-state index contributed by atoms with van der Waals surface area (Å²) in [7, 11) is 0. The van der Waals surface area contributed by atoms with Gasteiger partial charge < -0.3 is 20.1 Å². The van der Waals surface area contributed by atoms with Gasteiger partial charge >= 0.3 is 5.97 Å². The molecule has 0 saturated heterocycles. The van der Waals surface area contributed by atoms with E-state index in [9.17, 15) is 18.8 Å². The predicted octanol–water partition coefficient (Wildman–Crippen LogP) is 2.75. The maximum atomic E-state index is 13.0. The summed E-state index contributed by atoms with van der Waals surface area (Å²) in [5.41, 5.74) is 2.88. The molecule has 2 aromatic carbocycles. The number of esters is 1. The number of ether oxygens (including phenoxy) is 2. The fourth-order valence-corrected chi connectivity index (χ4v) is 3.90. The van der Waals surface area contributed by atoms with E-state index < -0.39 is 18.2 Å². The molecule has 10 nitrogen and oxygen atoms in total. The Morgan fingerprint density at radius 3 is 2.57 bits per heavy atom. The average Bonchev–Trinajstić information content (AvgIpc) is 3.50. The third-order valence-corrected chi connectivity index (χ3v) is 5.64. The Morgan fingerprint density at radius 1 is 1.05 bits per heavy atom. The molecule has 2 aromatic heterocycles. The van der Waals surface area contributed by atoms with E-state index in [4.69, 9.17) is 9.47 Å². The molecule has 0 fully saturated rings. The maximum absolute atomic E-state index is 13.0. The fourth-order valence-electron chi connectivity index (χ4n) is 3.90. The third kappa shape index (κ3) is 5.40. The molecule has 3 heterocycles. The maximum Gasteiger partial charge on any atom is 0.315 e. The molecule has 1 aliphatic heterocycles. The number of halogens is 1. The van der Waals surface area contributed by atoms with E-state index in [0.717, 1.165) is 16.7 Å². The molecule has 0 aliphatic carbocycles. The normalized spacial score (nSPS) is 13.1. The van der Waals surface area contributed by atoms with E-state index in [0.29, 0.717) is 17.1 Å². The number of amides is 2. The van der Waals surface area contributed by atoms with Gasteiger partial charge in [0.05, 0.1) is 12.6 Å². The van der Waals surface area contributed by atoms with Crippen LogP contribution in [-0.2, 0) is 24.3 Å². The zero-order valence-electron chi connectivity index (χ0n) is 19.7. The van der Waals surface area contributed by atoms with Gasteiger partial charge in [0, 0.05) is 37.7 Å². The average molecular weight is 503 g/mol. The van der Waals surface area contributed by atoms with E-state index in [2.05, 4.69) is 20.7 Å². The number of alkyl halides is 1. The molecule has 2 N–H and O–H groups in total. The number of hydrogen-bond acceptors (Lipinski definition) is 7. The highest BCUT2D eigenvalue weighted by molar-refractivity contribution is 5.98. The van der Waals surface area contributed by atoms with Crippen LogP contribution in [0.15, 0.2) is 60.8 Å². The molecule has 0 radical (unpaired) electrons. The first-order valence-electron chi connectivity index (χ1n) is 11.5. The van der Waals surface area contributed by atoms with Gasteiger partial charge in [0.25, 0.3) is 11.8 Å². The zero-order chi connectivity index (χ0) is 25.9. The Balaban J connectivity index is 1.27. The number of hydrogen-bond donors (Lipinski definition) is 2. The Kier molecular flexibility index (Phi) is 6.50. The lowest BCUT2D eigenvalue weighted by molar-refractivity contribution is -0.131. The van der Waals surface area contributed by atoms with E-state index in [-0.39, 0.29) is 36.9 Å². The van der Waals surface area contributed by atoms with E-state index >= 15 is 0 Å². The van der Waals surface area contributed by atoms with Crippen LogP contribution in [0.1, 0.15) is 44.6 Å². The molecule has 188 valence electrons. The molecule has 11 heteroatoms. The number of rotatable bonds is 8. The van der Waals surface area contributed by atoms with Crippen molar-refractivity contribution in [2.45, 2.75) is 32.8 Å². The first-order valence-corrected chi connectivity index (χ1v) is 11.5. The number of carbonyl (C=O) groups is 3. The highest BCUT2D eigenvalue weighted by atomic mass is 19.1. The van der Waals surface area contributed by atoms with Crippen LogP contribution in [0.4, 0.5) is 4.39 Å². The molecule has 5 rings (SSSR count). The highest BCUT2D eigenvalue weighted by Gasteiger charge is 2.21. The zero-order valence-corrected chi connectivity index (χ0v) is 19.7. The summed E-state index contributed by atoms with van der Waals surface area (Å²) >= 11 is 0. The molecule has 1 unspecified atom stereocenters. The van der Waals surface area contributed by atoms with Crippen LogP contribution in [-0.4, -0.2) is 38.7 Å². The summed E-state index contributed by atoms with van der Waals surface area (Å²) < 4.78 is 24.4. The summed E-state index contributed by atoms with van der Waals surface area (Å²) in [6.07, 6.45) is 0.261. The number of nitrogens with one attached hydrogen (secondary N) is 2. The molecule has 0 bridgehead atoms. The van der Waals surface area contributed by atoms with Crippen LogP contribution in [0.3, 0.4) is 0 Å². The van der Waals surface area contributed by atoms with Crippen molar-refractivity contribution in [3.05, 3.63) is 88.9 Å². The van der Waals surface area contributed by atoms with E-state index in [1.165, 1.54) is 23.7 Å². The molecular weight excluding hydrogens is 481 g/mol. The van der Waals surface area contributed by atoms with Gasteiger partial charge in [-0.1, -0.05) is 18.2 Å². The van der Waals surface area contributed by atoms with Gasteiger partial charge in [0.1, 0.15) is 22.9 Å². The number of nitrogens with zero attached hydrogens (tertiary/aromatic N) is 3. The van der Waals surface area contributed by atoms with Gasteiger partial charge in [-0.15, -0.1) is 0 Å². The van der Waals surface area contributed by atoms with Gasteiger partial charge in [0.2, 0.25) is 6.36 Å². The summed E-state index contributed by atoms with van der Waals surface area (Å²) in [5, 5.41) is 9.72. The minimum Gasteiger partial charge on any atom is -0.461 e. The van der Waals surface area contributed by atoms with Crippen molar-refractivity contribution in [2.75, 3.05) is 0 Å². The van der Waals surface area contributed by atoms with Gasteiger partial charge in [-0.05, 0) is 35.4 Å². The molecule has 0 spiro atoms. The van der Waals surface area contributed by atoms with Gasteiger partial charge in [-0.3, -0.25) is 14.4 Å². The van der Waals surface area contributed by atoms with Crippen molar-refractivity contribution in [1.82, 2.24) is 25.2 Å². The Hall–Kier alpha value is -4.80. The van der Waals surface area contributed by atoms with Crippen molar-refractivity contribution in [3.63, 3.8) is 0 Å². The first-order chi connectivity index (χ1) is 17.9. The highest BCUT2D eigenvalue weighted by Crippen LogP contribution is 2.26. The second kappa shape index (κ2) is 10.1. The monoisotopic (exact) mass is 503 g/mol. The van der Waals surface area contributed by atoms with Crippen molar-refractivity contribution >= 4 is 23.4 Å². The Labute approximate surface area is 210 Å². The van der Waals surface area contributed by atoms with Crippen LogP contribution < -0.4 is 20.1 Å². The summed E-state index contributed by atoms with van der Waals surface area (Å²) in [6.45, 7) is 1.69. The lowest BCUT2D eigenvalue weighted by Crippen LogP contribution is -2.28. The second-order valence-electron chi connectivity index (χ2n) is 8.39. The lowest BCUT2D eigenvalue weighted by atomic mass is 10.1. The summed E-state index contributed by atoms with van der Waals surface area (Å²) in [6, 6.07) is 14.9. The standard InChI is InChI=1S/C26H22FN5O5/c1-15(27)36-19-5-2-16(3-6-19)13-29-26(35)21-12-20(31-23-8-9-30-32(21)23)25(34)28-14-17-4-7-22-18(10-17)11-24(33)37-22/h2-10,12,15H,11,13-14H2,1H3,(H,28,34)(H,29,35). The topological polar surface area (TPSA) is 124 Å². The first kappa shape index (κ1) is 23.9. The van der Waals surface area contributed by atoms with Crippen LogP contribution in [0.5, 0.6) is 11.5 Å². The second-order valence-corrected chi connectivity index (χ2v) is 8.39. The van der Waals surface area contributed by atoms with Gasteiger partial charge in [-0.2, -0.15) is 5.10 Å². The fraction of sp³-hybridized carbons (Fsp3) is 0.192. The molecule has 1 aliphatic rings. The summed E-state index contributed by atoms with van der Waals surface area (Å²) in [5.74, 6) is -0.316. The molecular formula is C26H22FN5O5. The number of carbonyl (C=O) groups excluding carboxylic acids is 3. The Morgan fingerprint density at radius 2 is 1.78 bits per heavy atom. The molecule has 0 saturated carbocycles. The van der Waals surface area contributed by atoms with Gasteiger partial charge in [-0.25, -0.2) is 13.9 Å². The number of aromatic nitrogens is 3. The molecule has 4 aromatic rings. The molecule has 37 heavy (non-hydrogen) atoms. The van der Waals surface area contributed by atoms with Crippen LogP contribution in [0.25, 0.3) is 5.65 Å². The summed E-state index contributed by atoms with van der Waals surface area (Å²) in [4.78, 5) is 41.6. The SMILES string of the molecule is CC(F)Oc1ccc(CNC(=O)c2cc(C(=O)NCc3ccc4c(c3)CC(=O)O4)nc3ccnn23)cc1. The third-order valence-electron chi connectivity index (χ3n) is 5.64. The lowest BCUT2D eigenvalue weighted by Gasteiger charge is -2.11.